The third kappa shape index (κ3) is 5.19. The van der Waals surface area contributed by atoms with Crippen molar-refractivity contribution in [3.8, 4) is 11.3 Å². The van der Waals surface area contributed by atoms with Crippen molar-refractivity contribution in [1.82, 2.24) is 25.1 Å². The number of carbonyl (C=O) groups is 1. The van der Waals surface area contributed by atoms with Crippen LogP contribution in [-0.4, -0.2) is 32.2 Å². The number of nitrogens with zero attached hydrogens (tertiary/aromatic N) is 4. The lowest BCUT2D eigenvalue weighted by atomic mass is 10.1. The van der Waals surface area contributed by atoms with Crippen LogP contribution in [0.5, 0.6) is 0 Å². The average Bonchev–Trinajstić information content (AvgIpc) is 3.34. The van der Waals surface area contributed by atoms with E-state index in [0.717, 1.165) is 35.9 Å². The fourth-order valence-corrected chi connectivity index (χ4v) is 3.49. The van der Waals surface area contributed by atoms with Gasteiger partial charge in [-0.3, -0.25) is 9.48 Å². The predicted octanol–water partition coefficient (Wildman–Crippen LogP) is 3.94. The third-order valence-electron chi connectivity index (χ3n) is 5.07. The van der Waals surface area contributed by atoms with Crippen LogP contribution in [0.3, 0.4) is 0 Å². The summed E-state index contributed by atoms with van der Waals surface area (Å²) in [6, 6.07) is 5.49. The van der Waals surface area contributed by atoms with Crippen LogP contribution in [0.25, 0.3) is 11.3 Å². The summed E-state index contributed by atoms with van der Waals surface area (Å²) in [5.74, 6) is 0.859. The Kier molecular flexibility index (Phi) is 5.62. The van der Waals surface area contributed by atoms with Crippen molar-refractivity contribution in [2.45, 2.75) is 32.5 Å². The smallest absolute Gasteiger partial charge is 0.356 e. The van der Waals surface area contributed by atoms with E-state index in [1.165, 1.54) is 0 Å². The number of nitrogens with one attached hydrogen (secondary N) is 2. The first-order valence-electron chi connectivity index (χ1n) is 9.85. The Bertz CT molecular complexity index is 1090. The van der Waals surface area contributed by atoms with Crippen LogP contribution in [0.1, 0.15) is 24.0 Å². The molecule has 0 spiro atoms. The number of pyridine rings is 2. The maximum atomic E-state index is 12.9. The molecule has 1 aliphatic rings. The zero-order valence-electron chi connectivity index (χ0n) is 16.8. The molecule has 0 bridgehead atoms. The van der Waals surface area contributed by atoms with Crippen LogP contribution in [0.4, 0.5) is 24.8 Å². The third-order valence-corrected chi connectivity index (χ3v) is 5.07. The molecule has 3 aromatic rings. The molecule has 4 heterocycles. The van der Waals surface area contributed by atoms with E-state index >= 15 is 0 Å². The first kappa shape index (κ1) is 20.8. The molecule has 1 atom stereocenters. The second kappa shape index (κ2) is 8.37. The van der Waals surface area contributed by atoms with Crippen LogP contribution < -0.4 is 10.6 Å². The summed E-state index contributed by atoms with van der Waals surface area (Å²) in [7, 11) is 0. The number of hydrogen-bond acceptors (Lipinski definition) is 5. The fraction of sp³-hybridized carbons (Fsp3) is 0.333. The van der Waals surface area contributed by atoms with E-state index in [1.54, 1.807) is 12.3 Å². The number of aromatic nitrogens is 4. The Labute approximate surface area is 176 Å². The zero-order valence-corrected chi connectivity index (χ0v) is 16.8. The van der Waals surface area contributed by atoms with Crippen molar-refractivity contribution in [3.05, 3.63) is 54.0 Å². The van der Waals surface area contributed by atoms with Gasteiger partial charge in [-0.05, 0) is 49.1 Å². The number of hydrogen-bond donors (Lipinski definition) is 2. The van der Waals surface area contributed by atoms with Crippen molar-refractivity contribution in [2.24, 2.45) is 5.92 Å². The number of halogens is 3. The Hall–Kier alpha value is -3.43. The molecule has 0 radical (unpaired) electrons. The number of amides is 1. The van der Waals surface area contributed by atoms with E-state index in [-0.39, 0.29) is 11.7 Å². The molecule has 0 saturated carbocycles. The normalized spacial score (nSPS) is 16.4. The summed E-state index contributed by atoms with van der Waals surface area (Å²) in [6.07, 6.45) is 1.63. The van der Waals surface area contributed by atoms with E-state index in [9.17, 15) is 18.0 Å². The van der Waals surface area contributed by atoms with Crippen LogP contribution in [0.2, 0.25) is 0 Å². The first-order chi connectivity index (χ1) is 14.8. The lowest BCUT2D eigenvalue weighted by Gasteiger charge is -2.11. The van der Waals surface area contributed by atoms with Gasteiger partial charge in [0.15, 0.2) is 0 Å². The van der Waals surface area contributed by atoms with Gasteiger partial charge >= 0.3 is 6.18 Å². The van der Waals surface area contributed by atoms with E-state index in [1.807, 2.05) is 23.9 Å². The second-order valence-corrected chi connectivity index (χ2v) is 7.62. The van der Waals surface area contributed by atoms with Crippen molar-refractivity contribution < 1.29 is 18.0 Å². The number of rotatable bonds is 6. The van der Waals surface area contributed by atoms with Gasteiger partial charge in [-0.2, -0.15) is 18.3 Å². The SMILES string of the molecule is Cc1cc(Nc2cc(C(F)(F)F)ccn2)nc(-c2cnn(CC[C@@H]3CNC(=O)C3)c2)c1. The standard InChI is InChI=1S/C21H21F3N6O/c1-13-6-17(15-11-27-30(12-15)5-3-14-8-20(31)26-10-14)28-19(7-13)29-18-9-16(2-4-25-18)21(22,23)24/h2,4,6-7,9,11-12,14H,3,5,8,10H2,1H3,(H,26,31)(H,25,28,29)/t14-/m0/s1. The monoisotopic (exact) mass is 430 g/mol. The topological polar surface area (TPSA) is 84.7 Å². The van der Waals surface area contributed by atoms with Gasteiger partial charge in [0.2, 0.25) is 5.91 Å². The largest absolute Gasteiger partial charge is 0.416 e. The van der Waals surface area contributed by atoms with Gasteiger partial charge in [-0.15, -0.1) is 0 Å². The molecule has 1 aliphatic heterocycles. The summed E-state index contributed by atoms with van der Waals surface area (Å²) in [5, 5.41) is 10.0. The van der Waals surface area contributed by atoms with Crippen molar-refractivity contribution >= 4 is 17.5 Å². The molecule has 7 nitrogen and oxygen atoms in total. The van der Waals surface area contributed by atoms with E-state index < -0.39 is 11.7 Å². The van der Waals surface area contributed by atoms with E-state index in [2.05, 4.69) is 25.7 Å². The summed E-state index contributed by atoms with van der Waals surface area (Å²) < 4.78 is 40.6. The first-order valence-corrected chi connectivity index (χ1v) is 9.85. The molecule has 0 aromatic carbocycles. The van der Waals surface area contributed by atoms with Gasteiger partial charge in [0.05, 0.1) is 17.5 Å². The van der Waals surface area contributed by atoms with Crippen molar-refractivity contribution in [1.29, 1.82) is 0 Å². The lowest BCUT2D eigenvalue weighted by molar-refractivity contribution is -0.137. The number of anilines is 2. The highest BCUT2D eigenvalue weighted by Crippen LogP contribution is 2.31. The molecule has 162 valence electrons. The highest BCUT2D eigenvalue weighted by atomic mass is 19.4. The van der Waals surface area contributed by atoms with Gasteiger partial charge in [0.1, 0.15) is 11.6 Å². The van der Waals surface area contributed by atoms with Crippen LogP contribution in [0.15, 0.2) is 42.9 Å². The Morgan fingerprint density at radius 1 is 1.26 bits per heavy atom. The Balaban J connectivity index is 1.48. The van der Waals surface area contributed by atoms with Gasteiger partial charge in [0, 0.05) is 37.5 Å². The van der Waals surface area contributed by atoms with Gasteiger partial charge in [0.25, 0.3) is 0 Å². The van der Waals surface area contributed by atoms with Crippen LogP contribution in [-0.2, 0) is 17.5 Å². The van der Waals surface area contributed by atoms with Gasteiger partial charge in [-0.1, -0.05) is 0 Å². The minimum absolute atomic E-state index is 0.0642. The molecule has 31 heavy (non-hydrogen) atoms. The second-order valence-electron chi connectivity index (χ2n) is 7.62. The number of carbonyl (C=O) groups excluding carboxylic acids is 1. The van der Waals surface area contributed by atoms with Gasteiger partial charge < -0.3 is 10.6 Å². The summed E-state index contributed by atoms with van der Waals surface area (Å²) in [4.78, 5) is 19.8. The molecule has 0 unspecified atom stereocenters. The molecular formula is C21H21F3N6O. The maximum absolute atomic E-state index is 12.9. The Morgan fingerprint density at radius 3 is 2.84 bits per heavy atom. The molecule has 1 fully saturated rings. The average molecular weight is 430 g/mol. The van der Waals surface area contributed by atoms with Crippen molar-refractivity contribution in [3.63, 3.8) is 0 Å². The quantitative estimate of drug-likeness (QED) is 0.619. The summed E-state index contributed by atoms with van der Waals surface area (Å²) in [6.45, 7) is 3.26. The van der Waals surface area contributed by atoms with Crippen LogP contribution >= 0.6 is 0 Å². The molecule has 0 aliphatic carbocycles. The summed E-state index contributed by atoms with van der Waals surface area (Å²) >= 11 is 0. The molecular weight excluding hydrogens is 409 g/mol. The minimum Gasteiger partial charge on any atom is -0.356 e. The number of aryl methyl sites for hydroxylation is 2. The minimum atomic E-state index is -4.44. The molecule has 2 N–H and O–H groups in total. The number of alkyl halides is 3. The highest BCUT2D eigenvalue weighted by Gasteiger charge is 2.30. The van der Waals surface area contributed by atoms with E-state index in [4.69, 9.17) is 0 Å². The Morgan fingerprint density at radius 2 is 2.10 bits per heavy atom. The van der Waals surface area contributed by atoms with Crippen LogP contribution in [0, 0.1) is 12.8 Å². The zero-order chi connectivity index (χ0) is 22.0. The molecule has 4 rings (SSSR count). The van der Waals surface area contributed by atoms with E-state index in [0.29, 0.717) is 36.9 Å². The highest BCUT2D eigenvalue weighted by molar-refractivity contribution is 5.78. The fourth-order valence-electron chi connectivity index (χ4n) is 3.49. The lowest BCUT2D eigenvalue weighted by Crippen LogP contribution is -2.14. The molecule has 10 heteroatoms. The predicted molar refractivity (Wildman–Crippen MR) is 108 cm³/mol. The summed E-state index contributed by atoms with van der Waals surface area (Å²) in [5.41, 5.74) is 1.56. The van der Waals surface area contributed by atoms with Crippen molar-refractivity contribution in [2.75, 3.05) is 11.9 Å². The molecule has 3 aromatic heterocycles. The molecule has 1 saturated heterocycles. The maximum Gasteiger partial charge on any atom is 0.416 e. The van der Waals surface area contributed by atoms with Gasteiger partial charge in [-0.25, -0.2) is 9.97 Å². The molecule has 1 amide bonds.